The summed E-state index contributed by atoms with van der Waals surface area (Å²) in [7, 11) is 1.76. The molecule has 1 unspecified atom stereocenters. The molecule has 64 valence electrons. The van der Waals surface area contributed by atoms with Gasteiger partial charge in [0.25, 0.3) is 0 Å². The lowest BCUT2D eigenvalue weighted by Crippen LogP contribution is -2.32. The van der Waals surface area contributed by atoms with Crippen molar-refractivity contribution in [3.63, 3.8) is 0 Å². The number of unbranched alkanes of at least 4 members (excludes halogenated alkanes) is 1. The van der Waals surface area contributed by atoms with Crippen LogP contribution < -0.4 is 5.32 Å². The maximum absolute atomic E-state index is 10.8. The lowest BCUT2D eigenvalue weighted by Gasteiger charge is -2.10. The number of likely N-dealkylation sites (N-methyl/N-ethyl adjacent to an activating group) is 1. The molecule has 0 rings (SSSR count). The lowest BCUT2D eigenvalue weighted by molar-refractivity contribution is -0.119. The van der Waals surface area contributed by atoms with E-state index in [-0.39, 0.29) is 11.8 Å². The van der Waals surface area contributed by atoms with E-state index in [9.17, 15) is 9.59 Å². The Kier molecular flexibility index (Phi) is 5.65. The van der Waals surface area contributed by atoms with Crippen molar-refractivity contribution >= 4 is 12.1 Å². The minimum atomic E-state index is -0.0741. The van der Waals surface area contributed by atoms with Gasteiger partial charge in [-0.25, -0.2) is 0 Å². The van der Waals surface area contributed by atoms with E-state index in [0.717, 1.165) is 19.1 Å². The highest BCUT2D eigenvalue weighted by Gasteiger charge is 2.09. The Labute approximate surface area is 67.2 Å². The molecule has 3 nitrogen and oxygen atoms in total. The summed E-state index contributed by atoms with van der Waals surface area (Å²) in [6.45, 7) is 1.56. The second-order valence-electron chi connectivity index (χ2n) is 2.55. The Balaban J connectivity index is 3.52. The molecular formula is C8H15NO2. The van der Waals surface area contributed by atoms with E-state index in [0.29, 0.717) is 6.42 Å². The van der Waals surface area contributed by atoms with Crippen LogP contribution in [0.5, 0.6) is 0 Å². The van der Waals surface area contributed by atoms with Crippen LogP contribution in [0, 0.1) is 0 Å². The molecule has 0 amide bonds. The first-order valence-electron chi connectivity index (χ1n) is 3.83. The summed E-state index contributed by atoms with van der Waals surface area (Å²) in [6, 6.07) is -0.0741. The lowest BCUT2D eigenvalue weighted by atomic mass is 10.1. The highest BCUT2D eigenvalue weighted by molar-refractivity contribution is 5.81. The normalized spacial score (nSPS) is 12.5. The number of carbonyl (C=O) groups is 2. The smallest absolute Gasteiger partial charge is 0.146 e. The predicted octanol–water partition coefficient (Wildman–Crippen LogP) is 0.533. The largest absolute Gasteiger partial charge is 0.311 e. The summed E-state index contributed by atoms with van der Waals surface area (Å²) >= 11 is 0. The molecule has 11 heavy (non-hydrogen) atoms. The van der Waals surface area contributed by atoms with Gasteiger partial charge < -0.3 is 10.1 Å². The van der Waals surface area contributed by atoms with Gasteiger partial charge in [-0.3, -0.25) is 4.79 Å². The first kappa shape index (κ1) is 10.3. The second-order valence-corrected chi connectivity index (χ2v) is 2.55. The molecule has 0 aliphatic heterocycles. The van der Waals surface area contributed by atoms with Crippen LogP contribution in [0.25, 0.3) is 0 Å². The van der Waals surface area contributed by atoms with Crippen LogP contribution in [0.2, 0.25) is 0 Å². The highest BCUT2D eigenvalue weighted by Crippen LogP contribution is 1.99. The summed E-state index contributed by atoms with van der Waals surface area (Å²) in [5.41, 5.74) is 0. The molecule has 3 heteroatoms. The predicted molar refractivity (Wildman–Crippen MR) is 43.4 cm³/mol. The van der Waals surface area contributed by atoms with Gasteiger partial charge in [0.15, 0.2) is 0 Å². The molecule has 1 atom stereocenters. The van der Waals surface area contributed by atoms with E-state index >= 15 is 0 Å². The number of rotatable bonds is 6. The molecule has 0 bridgehead atoms. The van der Waals surface area contributed by atoms with Gasteiger partial charge in [-0.1, -0.05) is 0 Å². The van der Waals surface area contributed by atoms with Crippen LogP contribution >= 0.6 is 0 Å². The van der Waals surface area contributed by atoms with Crippen LogP contribution in [-0.4, -0.2) is 25.2 Å². The van der Waals surface area contributed by atoms with E-state index in [4.69, 9.17) is 0 Å². The van der Waals surface area contributed by atoms with E-state index in [1.807, 2.05) is 0 Å². The van der Waals surface area contributed by atoms with Crippen LogP contribution in [0.3, 0.4) is 0 Å². The van der Waals surface area contributed by atoms with Crippen molar-refractivity contribution in [2.45, 2.75) is 32.2 Å². The third kappa shape index (κ3) is 4.67. The SMILES string of the molecule is CNC(CCCC=O)C(C)=O. The van der Waals surface area contributed by atoms with E-state index in [2.05, 4.69) is 5.32 Å². The molecule has 0 heterocycles. The Hall–Kier alpha value is -0.700. The van der Waals surface area contributed by atoms with Gasteiger partial charge in [-0.2, -0.15) is 0 Å². The van der Waals surface area contributed by atoms with Crippen LogP contribution in [0.4, 0.5) is 0 Å². The fraction of sp³-hybridized carbons (Fsp3) is 0.750. The molecule has 0 saturated carbocycles. The fourth-order valence-corrected chi connectivity index (χ4v) is 0.956. The number of Topliss-reactive ketones (excluding diaryl/α,β-unsaturated/α-hetero) is 1. The Morgan fingerprint density at radius 2 is 2.27 bits per heavy atom. The fourth-order valence-electron chi connectivity index (χ4n) is 0.956. The molecular weight excluding hydrogens is 142 g/mol. The number of hydrogen-bond donors (Lipinski definition) is 1. The van der Waals surface area contributed by atoms with Crippen LogP contribution in [-0.2, 0) is 9.59 Å². The Bertz CT molecular complexity index is 134. The molecule has 0 aromatic rings. The van der Waals surface area contributed by atoms with E-state index < -0.39 is 0 Å². The van der Waals surface area contributed by atoms with Crippen molar-refractivity contribution in [3.8, 4) is 0 Å². The van der Waals surface area contributed by atoms with Gasteiger partial charge in [0.2, 0.25) is 0 Å². The van der Waals surface area contributed by atoms with Crippen molar-refractivity contribution < 1.29 is 9.59 Å². The van der Waals surface area contributed by atoms with Crippen LogP contribution in [0.1, 0.15) is 26.2 Å². The van der Waals surface area contributed by atoms with Gasteiger partial charge in [-0.05, 0) is 26.8 Å². The molecule has 0 radical (unpaired) electrons. The standard InChI is InChI=1S/C8H15NO2/c1-7(11)8(9-2)5-3-4-6-10/h6,8-9H,3-5H2,1-2H3. The Morgan fingerprint density at radius 3 is 2.64 bits per heavy atom. The monoisotopic (exact) mass is 157 g/mol. The summed E-state index contributed by atoms with van der Waals surface area (Å²) in [4.78, 5) is 20.8. The van der Waals surface area contributed by atoms with Crippen molar-refractivity contribution in [2.24, 2.45) is 0 Å². The zero-order valence-corrected chi connectivity index (χ0v) is 7.09. The molecule has 0 fully saturated rings. The molecule has 0 aliphatic carbocycles. The van der Waals surface area contributed by atoms with Gasteiger partial charge in [0.05, 0.1) is 6.04 Å². The van der Waals surface area contributed by atoms with Crippen molar-refractivity contribution in [3.05, 3.63) is 0 Å². The average Bonchev–Trinajstić information content (AvgIpc) is 1.97. The van der Waals surface area contributed by atoms with Gasteiger partial charge in [0, 0.05) is 6.42 Å². The molecule has 1 N–H and O–H groups in total. The van der Waals surface area contributed by atoms with Gasteiger partial charge >= 0.3 is 0 Å². The van der Waals surface area contributed by atoms with Crippen LogP contribution in [0.15, 0.2) is 0 Å². The van der Waals surface area contributed by atoms with Gasteiger partial charge in [-0.15, -0.1) is 0 Å². The minimum absolute atomic E-state index is 0.0741. The molecule has 0 aromatic carbocycles. The number of hydrogen-bond acceptors (Lipinski definition) is 3. The third-order valence-electron chi connectivity index (χ3n) is 1.65. The summed E-state index contributed by atoms with van der Waals surface area (Å²) < 4.78 is 0. The minimum Gasteiger partial charge on any atom is -0.311 e. The average molecular weight is 157 g/mol. The van der Waals surface area contributed by atoms with Crippen molar-refractivity contribution in [1.29, 1.82) is 0 Å². The zero-order valence-electron chi connectivity index (χ0n) is 7.09. The molecule has 0 aromatic heterocycles. The summed E-state index contributed by atoms with van der Waals surface area (Å²) in [6.07, 6.45) is 2.97. The van der Waals surface area contributed by atoms with Gasteiger partial charge in [0.1, 0.15) is 12.1 Å². The van der Waals surface area contributed by atoms with E-state index in [1.165, 1.54) is 0 Å². The number of carbonyl (C=O) groups excluding carboxylic acids is 2. The first-order chi connectivity index (χ1) is 5.22. The zero-order chi connectivity index (χ0) is 8.69. The molecule has 0 aliphatic rings. The topological polar surface area (TPSA) is 46.2 Å². The van der Waals surface area contributed by atoms with Crippen molar-refractivity contribution in [2.75, 3.05) is 7.05 Å². The quantitative estimate of drug-likeness (QED) is 0.452. The summed E-state index contributed by atoms with van der Waals surface area (Å²) in [5.74, 6) is 0.137. The maximum atomic E-state index is 10.8. The summed E-state index contributed by atoms with van der Waals surface area (Å²) in [5, 5.41) is 2.89. The van der Waals surface area contributed by atoms with E-state index in [1.54, 1.807) is 14.0 Å². The van der Waals surface area contributed by atoms with Crippen molar-refractivity contribution in [1.82, 2.24) is 5.32 Å². The molecule has 0 saturated heterocycles. The maximum Gasteiger partial charge on any atom is 0.146 e. The number of nitrogens with one attached hydrogen (secondary N) is 1. The molecule has 0 spiro atoms. The third-order valence-corrected chi connectivity index (χ3v) is 1.65. The number of ketones is 1. The first-order valence-corrected chi connectivity index (χ1v) is 3.83. The Morgan fingerprint density at radius 1 is 1.64 bits per heavy atom. The number of aldehydes is 1. The highest BCUT2D eigenvalue weighted by atomic mass is 16.1. The second kappa shape index (κ2) is 6.04.